The lowest BCUT2D eigenvalue weighted by molar-refractivity contribution is -0.144. The Morgan fingerprint density at radius 1 is 1.23 bits per heavy atom. The van der Waals surface area contributed by atoms with Gasteiger partial charge in [0.25, 0.3) is 0 Å². The molecule has 0 radical (unpaired) electrons. The Morgan fingerprint density at radius 2 is 2.00 bits per heavy atom. The van der Waals surface area contributed by atoms with Crippen LogP contribution in [-0.4, -0.2) is 51.5 Å². The standard InChI is InChI=1S/C13H15NO7S/c15-12(16)13(4-5-19-8-13)14-22(17,18)10-3-1-2-9-11(10)21-7-6-20-9/h1-3,14H,4-8H2,(H,15,16). The van der Waals surface area contributed by atoms with Crippen LogP contribution in [0.2, 0.25) is 0 Å². The van der Waals surface area contributed by atoms with E-state index in [1.807, 2.05) is 0 Å². The number of benzene rings is 1. The minimum atomic E-state index is -4.10. The zero-order valence-corrected chi connectivity index (χ0v) is 12.4. The highest BCUT2D eigenvalue weighted by Crippen LogP contribution is 2.37. The normalized spacial score (nSPS) is 24.2. The Hall–Kier alpha value is -1.84. The number of sulfonamides is 1. The molecule has 9 heteroatoms. The number of carboxylic acid groups (broad SMARTS) is 1. The number of nitrogens with one attached hydrogen (secondary N) is 1. The van der Waals surface area contributed by atoms with Gasteiger partial charge in [-0.25, -0.2) is 8.42 Å². The molecule has 2 aliphatic rings. The van der Waals surface area contributed by atoms with Crippen molar-refractivity contribution >= 4 is 16.0 Å². The molecule has 2 heterocycles. The molecular formula is C13H15NO7S. The van der Waals surface area contributed by atoms with E-state index in [0.29, 0.717) is 12.4 Å². The fourth-order valence-electron chi connectivity index (χ4n) is 2.43. The molecule has 2 N–H and O–H groups in total. The number of fused-ring (bicyclic) bond motifs is 1. The third-order valence-corrected chi connectivity index (χ3v) is 5.14. The van der Waals surface area contributed by atoms with Crippen molar-refractivity contribution in [3.63, 3.8) is 0 Å². The molecule has 0 aromatic heterocycles. The molecule has 1 aromatic carbocycles. The van der Waals surface area contributed by atoms with Crippen LogP contribution in [0.15, 0.2) is 23.1 Å². The maximum absolute atomic E-state index is 12.6. The Labute approximate surface area is 127 Å². The summed E-state index contributed by atoms with van der Waals surface area (Å²) in [4.78, 5) is 11.3. The molecule has 1 aromatic rings. The third-order valence-electron chi connectivity index (χ3n) is 3.58. The Kier molecular flexibility index (Phi) is 3.71. The minimum absolute atomic E-state index is 0.0634. The lowest BCUT2D eigenvalue weighted by Gasteiger charge is -2.25. The number of carbonyl (C=O) groups is 1. The zero-order valence-electron chi connectivity index (χ0n) is 11.6. The second-order valence-corrected chi connectivity index (χ2v) is 6.73. The van der Waals surface area contributed by atoms with Crippen molar-refractivity contribution in [2.45, 2.75) is 16.9 Å². The van der Waals surface area contributed by atoms with Gasteiger partial charge in [-0.15, -0.1) is 0 Å². The third kappa shape index (κ3) is 2.51. The van der Waals surface area contributed by atoms with E-state index in [9.17, 15) is 18.3 Å². The molecule has 120 valence electrons. The molecule has 0 amide bonds. The Balaban J connectivity index is 1.99. The van der Waals surface area contributed by atoms with Crippen LogP contribution in [0.4, 0.5) is 0 Å². The van der Waals surface area contributed by atoms with Crippen molar-refractivity contribution in [2.24, 2.45) is 0 Å². The maximum Gasteiger partial charge on any atom is 0.327 e. The van der Waals surface area contributed by atoms with Gasteiger partial charge in [0.05, 0.1) is 6.61 Å². The molecule has 3 rings (SSSR count). The predicted molar refractivity (Wildman–Crippen MR) is 73.6 cm³/mol. The fourth-order valence-corrected chi connectivity index (χ4v) is 3.96. The summed E-state index contributed by atoms with van der Waals surface area (Å²) in [5.41, 5.74) is -1.66. The first-order chi connectivity index (χ1) is 10.4. The Bertz CT molecular complexity index is 694. The summed E-state index contributed by atoms with van der Waals surface area (Å²) < 4.78 is 43.2. The largest absolute Gasteiger partial charge is 0.486 e. The molecule has 0 aliphatic carbocycles. The van der Waals surface area contributed by atoms with Gasteiger partial charge in [0.15, 0.2) is 17.0 Å². The first-order valence-electron chi connectivity index (χ1n) is 6.68. The summed E-state index contributed by atoms with van der Waals surface area (Å²) in [5.74, 6) is -0.850. The van der Waals surface area contributed by atoms with E-state index in [4.69, 9.17) is 14.2 Å². The molecule has 0 bridgehead atoms. The number of ether oxygens (including phenoxy) is 3. The van der Waals surface area contributed by atoms with E-state index in [1.165, 1.54) is 12.1 Å². The van der Waals surface area contributed by atoms with Gasteiger partial charge in [-0.1, -0.05) is 6.07 Å². The predicted octanol–water partition coefficient (Wildman–Crippen LogP) is -0.0202. The molecule has 22 heavy (non-hydrogen) atoms. The average Bonchev–Trinajstić information content (AvgIpc) is 2.96. The topological polar surface area (TPSA) is 111 Å². The number of rotatable bonds is 4. The van der Waals surface area contributed by atoms with E-state index in [1.54, 1.807) is 6.07 Å². The van der Waals surface area contributed by atoms with Gasteiger partial charge in [0.2, 0.25) is 10.0 Å². The molecule has 1 atom stereocenters. The molecule has 2 aliphatic heterocycles. The monoisotopic (exact) mass is 329 g/mol. The van der Waals surface area contributed by atoms with Gasteiger partial charge in [-0.2, -0.15) is 4.72 Å². The lowest BCUT2D eigenvalue weighted by Crippen LogP contribution is -2.55. The van der Waals surface area contributed by atoms with Gasteiger partial charge in [0.1, 0.15) is 18.1 Å². The van der Waals surface area contributed by atoms with E-state index >= 15 is 0 Å². The first-order valence-corrected chi connectivity index (χ1v) is 8.17. The van der Waals surface area contributed by atoms with E-state index in [2.05, 4.69) is 4.72 Å². The van der Waals surface area contributed by atoms with Crippen LogP contribution >= 0.6 is 0 Å². The highest BCUT2D eigenvalue weighted by molar-refractivity contribution is 7.89. The number of hydrogen-bond acceptors (Lipinski definition) is 6. The SMILES string of the molecule is O=C(O)C1(NS(=O)(=O)c2cccc3c2OCCO3)CCOC1. The maximum atomic E-state index is 12.6. The van der Waals surface area contributed by atoms with Crippen molar-refractivity contribution in [3.05, 3.63) is 18.2 Å². The Morgan fingerprint density at radius 3 is 2.68 bits per heavy atom. The van der Waals surface area contributed by atoms with Gasteiger partial charge in [-0.05, 0) is 12.1 Å². The van der Waals surface area contributed by atoms with Crippen LogP contribution < -0.4 is 14.2 Å². The van der Waals surface area contributed by atoms with Crippen LogP contribution in [-0.2, 0) is 19.6 Å². The summed E-state index contributed by atoms with van der Waals surface area (Å²) in [7, 11) is -4.10. The van der Waals surface area contributed by atoms with Crippen LogP contribution in [0.5, 0.6) is 11.5 Å². The molecule has 1 saturated heterocycles. The van der Waals surface area contributed by atoms with Crippen LogP contribution in [0, 0.1) is 0 Å². The summed E-state index contributed by atoms with van der Waals surface area (Å²) in [6, 6.07) is 4.46. The molecular weight excluding hydrogens is 314 g/mol. The molecule has 8 nitrogen and oxygen atoms in total. The average molecular weight is 329 g/mol. The summed E-state index contributed by atoms with van der Waals surface area (Å²) in [6.07, 6.45) is 0.0634. The smallest absolute Gasteiger partial charge is 0.327 e. The highest BCUT2D eigenvalue weighted by Gasteiger charge is 2.46. The van der Waals surface area contributed by atoms with Gasteiger partial charge >= 0.3 is 5.97 Å². The van der Waals surface area contributed by atoms with E-state index in [-0.39, 0.29) is 36.9 Å². The molecule has 1 fully saturated rings. The second-order valence-electron chi connectivity index (χ2n) is 5.08. The van der Waals surface area contributed by atoms with E-state index in [0.717, 1.165) is 0 Å². The second kappa shape index (κ2) is 5.41. The van der Waals surface area contributed by atoms with Crippen LogP contribution in [0.1, 0.15) is 6.42 Å². The quantitative estimate of drug-likeness (QED) is 0.798. The van der Waals surface area contributed by atoms with Gasteiger partial charge in [-0.3, -0.25) is 4.79 Å². The fraction of sp³-hybridized carbons (Fsp3) is 0.462. The number of carboxylic acids is 1. The first kappa shape index (κ1) is 15.1. The number of aliphatic carboxylic acids is 1. The van der Waals surface area contributed by atoms with Crippen molar-refractivity contribution in [2.75, 3.05) is 26.4 Å². The van der Waals surface area contributed by atoms with Crippen LogP contribution in [0.3, 0.4) is 0 Å². The van der Waals surface area contributed by atoms with Gasteiger partial charge in [0, 0.05) is 13.0 Å². The minimum Gasteiger partial charge on any atom is -0.486 e. The van der Waals surface area contributed by atoms with Crippen molar-refractivity contribution < 1.29 is 32.5 Å². The summed E-state index contributed by atoms with van der Waals surface area (Å²) in [6.45, 7) is 0.527. The molecule has 0 saturated carbocycles. The summed E-state index contributed by atoms with van der Waals surface area (Å²) in [5, 5.41) is 9.35. The zero-order chi connectivity index (χ0) is 15.8. The van der Waals surface area contributed by atoms with Crippen molar-refractivity contribution in [1.29, 1.82) is 0 Å². The summed E-state index contributed by atoms with van der Waals surface area (Å²) >= 11 is 0. The van der Waals surface area contributed by atoms with Crippen molar-refractivity contribution in [3.8, 4) is 11.5 Å². The van der Waals surface area contributed by atoms with Crippen molar-refractivity contribution in [1.82, 2.24) is 4.72 Å². The van der Waals surface area contributed by atoms with Gasteiger partial charge < -0.3 is 19.3 Å². The lowest BCUT2D eigenvalue weighted by atomic mass is 10.0. The highest BCUT2D eigenvalue weighted by atomic mass is 32.2. The van der Waals surface area contributed by atoms with Crippen LogP contribution in [0.25, 0.3) is 0 Å². The molecule has 0 spiro atoms. The number of hydrogen-bond donors (Lipinski definition) is 2. The number of para-hydroxylation sites is 1. The molecule has 1 unspecified atom stereocenters. The van der Waals surface area contributed by atoms with E-state index < -0.39 is 21.5 Å².